The highest BCUT2D eigenvalue weighted by Gasteiger charge is 2.25. The molecular formula is C20H19F2N3O4. The molecule has 9 heteroatoms. The monoisotopic (exact) mass is 403 g/mol. The number of hydrogen-bond donors (Lipinski definition) is 0. The molecule has 7 nitrogen and oxygen atoms in total. The van der Waals surface area contributed by atoms with Crippen LogP contribution in [0, 0.1) is 21.7 Å². The molecule has 0 saturated carbocycles. The van der Waals surface area contributed by atoms with Gasteiger partial charge in [0.25, 0.3) is 11.6 Å². The number of benzene rings is 2. The maximum Gasteiger partial charge on any atom is 0.269 e. The molecule has 1 saturated heterocycles. The molecule has 0 N–H and O–H groups in total. The number of rotatable bonds is 6. The topological polar surface area (TPSA) is 83.8 Å². The van der Waals surface area contributed by atoms with Crippen LogP contribution in [0.4, 0.5) is 14.5 Å². The SMILES string of the molecule is O=C(CCN1CCN(C(=O)c2cccc(F)c2F)CC1)c1ccc([N+](=O)[O-])cc1. The lowest BCUT2D eigenvalue weighted by Gasteiger charge is -2.34. The Morgan fingerprint density at radius 2 is 1.66 bits per heavy atom. The summed E-state index contributed by atoms with van der Waals surface area (Å²) < 4.78 is 27.1. The molecule has 152 valence electrons. The van der Waals surface area contributed by atoms with Gasteiger partial charge in [0.1, 0.15) is 0 Å². The minimum absolute atomic E-state index is 0.0722. The van der Waals surface area contributed by atoms with Gasteiger partial charge in [0.2, 0.25) is 0 Å². The quantitative estimate of drug-likeness (QED) is 0.421. The van der Waals surface area contributed by atoms with E-state index in [1.54, 1.807) is 0 Å². The number of piperazine rings is 1. The van der Waals surface area contributed by atoms with Gasteiger partial charge in [0.05, 0.1) is 10.5 Å². The molecule has 0 radical (unpaired) electrons. The van der Waals surface area contributed by atoms with Crippen molar-refractivity contribution in [1.29, 1.82) is 0 Å². The van der Waals surface area contributed by atoms with Gasteiger partial charge in [-0.05, 0) is 24.3 Å². The number of Topliss-reactive ketones (excluding diaryl/α,β-unsaturated/α-hetero) is 1. The highest BCUT2D eigenvalue weighted by Crippen LogP contribution is 2.16. The van der Waals surface area contributed by atoms with Crippen molar-refractivity contribution in [2.45, 2.75) is 6.42 Å². The van der Waals surface area contributed by atoms with E-state index in [1.165, 1.54) is 41.3 Å². The minimum Gasteiger partial charge on any atom is -0.336 e. The Morgan fingerprint density at radius 3 is 2.28 bits per heavy atom. The fraction of sp³-hybridized carbons (Fsp3) is 0.300. The molecule has 0 bridgehead atoms. The molecule has 0 aliphatic carbocycles. The summed E-state index contributed by atoms with van der Waals surface area (Å²) in [5.74, 6) is -2.88. The van der Waals surface area contributed by atoms with Gasteiger partial charge < -0.3 is 4.90 Å². The number of nitro groups is 1. The first-order valence-corrected chi connectivity index (χ1v) is 9.10. The largest absolute Gasteiger partial charge is 0.336 e. The van der Waals surface area contributed by atoms with Crippen LogP contribution in [0.1, 0.15) is 27.1 Å². The maximum absolute atomic E-state index is 13.8. The lowest BCUT2D eigenvalue weighted by Crippen LogP contribution is -2.49. The number of carbonyl (C=O) groups is 2. The summed E-state index contributed by atoms with van der Waals surface area (Å²) in [5.41, 5.74) is 0.0508. The third-order valence-corrected chi connectivity index (χ3v) is 4.90. The Morgan fingerprint density at radius 1 is 1.00 bits per heavy atom. The third-order valence-electron chi connectivity index (χ3n) is 4.90. The van der Waals surface area contributed by atoms with Crippen LogP contribution in [0.5, 0.6) is 0 Å². The van der Waals surface area contributed by atoms with Crippen molar-refractivity contribution < 1.29 is 23.3 Å². The third kappa shape index (κ3) is 4.80. The molecule has 29 heavy (non-hydrogen) atoms. The second kappa shape index (κ2) is 8.87. The summed E-state index contributed by atoms with van der Waals surface area (Å²) >= 11 is 0. The normalized spacial score (nSPS) is 14.6. The van der Waals surface area contributed by atoms with Crippen LogP contribution in [-0.4, -0.2) is 59.1 Å². The van der Waals surface area contributed by atoms with Crippen LogP contribution < -0.4 is 0 Å². The van der Waals surface area contributed by atoms with Crippen LogP contribution in [0.15, 0.2) is 42.5 Å². The lowest BCUT2D eigenvalue weighted by atomic mass is 10.1. The number of halogens is 2. The van der Waals surface area contributed by atoms with Gasteiger partial charge in [-0.2, -0.15) is 0 Å². The molecule has 1 fully saturated rings. The van der Waals surface area contributed by atoms with Crippen molar-refractivity contribution in [3.63, 3.8) is 0 Å². The first-order valence-electron chi connectivity index (χ1n) is 9.10. The molecule has 1 amide bonds. The predicted molar refractivity (Wildman–Crippen MR) is 101 cm³/mol. The average molecular weight is 403 g/mol. The number of nitro benzene ring substituents is 1. The van der Waals surface area contributed by atoms with Crippen LogP contribution in [0.25, 0.3) is 0 Å². The number of non-ortho nitro benzene ring substituents is 1. The number of nitrogens with zero attached hydrogens (tertiary/aromatic N) is 3. The van der Waals surface area contributed by atoms with E-state index in [9.17, 15) is 28.5 Å². The van der Waals surface area contributed by atoms with E-state index >= 15 is 0 Å². The summed E-state index contributed by atoms with van der Waals surface area (Å²) in [6.45, 7) is 2.19. The second-order valence-corrected chi connectivity index (χ2v) is 6.71. The van der Waals surface area contributed by atoms with Crippen molar-refractivity contribution >= 4 is 17.4 Å². The standard InChI is InChI=1S/C20H19F2N3O4/c21-17-3-1-2-16(19(17)22)20(27)24-12-10-23(11-13-24)9-8-18(26)14-4-6-15(7-5-14)25(28)29/h1-7H,8-13H2. The van der Waals surface area contributed by atoms with Gasteiger partial charge in [0.15, 0.2) is 17.4 Å². The zero-order valence-corrected chi connectivity index (χ0v) is 15.5. The second-order valence-electron chi connectivity index (χ2n) is 6.71. The van der Waals surface area contributed by atoms with Gasteiger partial charge in [-0.3, -0.25) is 24.6 Å². The van der Waals surface area contributed by atoms with Crippen LogP contribution in [0.2, 0.25) is 0 Å². The van der Waals surface area contributed by atoms with E-state index in [0.29, 0.717) is 38.3 Å². The zero-order valence-electron chi connectivity index (χ0n) is 15.5. The molecule has 2 aromatic carbocycles. The Bertz CT molecular complexity index is 926. The smallest absolute Gasteiger partial charge is 0.269 e. The zero-order chi connectivity index (χ0) is 21.0. The van der Waals surface area contributed by atoms with Crippen molar-refractivity contribution in [2.24, 2.45) is 0 Å². The van der Waals surface area contributed by atoms with Gasteiger partial charge in [-0.15, -0.1) is 0 Å². The Balaban J connectivity index is 1.49. The molecule has 0 spiro atoms. The van der Waals surface area contributed by atoms with Gasteiger partial charge in [-0.1, -0.05) is 6.07 Å². The van der Waals surface area contributed by atoms with Crippen molar-refractivity contribution in [3.8, 4) is 0 Å². The number of ketones is 1. The average Bonchev–Trinajstić information content (AvgIpc) is 2.74. The molecule has 0 unspecified atom stereocenters. The Labute approximate surface area is 165 Å². The first kappa shape index (κ1) is 20.5. The van der Waals surface area contributed by atoms with E-state index in [1.807, 2.05) is 4.90 Å². The molecule has 3 rings (SSSR count). The fourth-order valence-corrected chi connectivity index (χ4v) is 3.19. The Kier molecular flexibility index (Phi) is 6.28. The van der Waals surface area contributed by atoms with E-state index in [4.69, 9.17) is 0 Å². The highest BCUT2D eigenvalue weighted by atomic mass is 19.2. The van der Waals surface area contributed by atoms with Gasteiger partial charge in [-0.25, -0.2) is 8.78 Å². The molecule has 1 aliphatic rings. The first-order chi connectivity index (χ1) is 13.9. The molecule has 2 aromatic rings. The number of amides is 1. The summed E-state index contributed by atoms with van der Waals surface area (Å²) in [5, 5.41) is 10.7. The van der Waals surface area contributed by atoms with Crippen molar-refractivity contribution in [2.75, 3.05) is 32.7 Å². The number of carbonyl (C=O) groups excluding carboxylic acids is 2. The fourth-order valence-electron chi connectivity index (χ4n) is 3.19. The summed E-state index contributed by atoms with van der Waals surface area (Å²) in [6.07, 6.45) is 0.240. The number of hydrogen-bond acceptors (Lipinski definition) is 5. The molecule has 0 aromatic heterocycles. The van der Waals surface area contributed by atoms with Gasteiger partial charge in [0, 0.05) is 56.8 Å². The molecule has 1 heterocycles. The van der Waals surface area contributed by atoms with Crippen LogP contribution >= 0.6 is 0 Å². The summed E-state index contributed by atoms with van der Waals surface area (Å²) in [7, 11) is 0. The molecular weight excluding hydrogens is 384 g/mol. The lowest BCUT2D eigenvalue weighted by molar-refractivity contribution is -0.384. The van der Waals surface area contributed by atoms with Crippen molar-refractivity contribution in [1.82, 2.24) is 9.80 Å². The van der Waals surface area contributed by atoms with E-state index in [0.717, 1.165) is 6.07 Å². The van der Waals surface area contributed by atoms with E-state index in [2.05, 4.69) is 0 Å². The van der Waals surface area contributed by atoms with Crippen molar-refractivity contribution in [3.05, 3.63) is 75.3 Å². The van der Waals surface area contributed by atoms with Crippen LogP contribution in [0.3, 0.4) is 0 Å². The molecule has 0 atom stereocenters. The Hall–Kier alpha value is -3.20. The molecule has 1 aliphatic heterocycles. The summed E-state index contributed by atoms with van der Waals surface area (Å²) in [6, 6.07) is 8.98. The maximum atomic E-state index is 13.8. The summed E-state index contributed by atoms with van der Waals surface area (Å²) in [4.78, 5) is 38.3. The minimum atomic E-state index is -1.14. The highest BCUT2D eigenvalue weighted by molar-refractivity contribution is 5.96. The van der Waals surface area contributed by atoms with E-state index < -0.39 is 22.5 Å². The van der Waals surface area contributed by atoms with Gasteiger partial charge >= 0.3 is 0 Å². The predicted octanol–water partition coefficient (Wildman–Crippen LogP) is 2.90. The van der Waals surface area contributed by atoms with Crippen LogP contribution in [-0.2, 0) is 0 Å². The van der Waals surface area contributed by atoms with E-state index in [-0.39, 0.29) is 23.5 Å².